The number of hydrogen-bond acceptors (Lipinski definition) is 8. The van der Waals surface area contributed by atoms with Crippen molar-refractivity contribution in [3.8, 4) is 11.4 Å². The van der Waals surface area contributed by atoms with E-state index in [0.717, 1.165) is 0 Å². The Morgan fingerprint density at radius 2 is 1.85 bits per heavy atom. The number of aromatic nitrogens is 2. The third-order valence-electron chi connectivity index (χ3n) is 2.63. The maximum absolute atomic E-state index is 12.4. The number of carbonyl (C=O) groups excluding carboxylic acids is 1. The van der Waals surface area contributed by atoms with E-state index in [1.807, 2.05) is 0 Å². The number of aliphatic hydroxyl groups excluding tert-OH is 2. The summed E-state index contributed by atoms with van der Waals surface area (Å²) in [4.78, 5) is 19.7. The van der Waals surface area contributed by atoms with Gasteiger partial charge in [0.2, 0.25) is 5.82 Å². The molecule has 12 heteroatoms. The molecule has 148 valence electrons. The number of hydroxylamine groups is 1. The first-order valence-electron chi connectivity index (χ1n) is 7.38. The van der Waals surface area contributed by atoms with Gasteiger partial charge in [-0.05, 0) is 19.1 Å². The molecule has 0 atom stereocenters. The molecule has 0 aliphatic rings. The lowest BCUT2D eigenvalue weighted by Crippen LogP contribution is -2.25. The van der Waals surface area contributed by atoms with Crippen molar-refractivity contribution in [3.05, 3.63) is 35.7 Å². The third-order valence-corrected chi connectivity index (χ3v) is 2.63. The summed E-state index contributed by atoms with van der Waals surface area (Å²) in [5.41, 5.74) is 2.85. The number of rotatable bonds is 6. The van der Waals surface area contributed by atoms with Gasteiger partial charge < -0.3 is 20.1 Å². The molecular formula is C15H17F3N4O5. The summed E-state index contributed by atoms with van der Waals surface area (Å²) < 4.78 is 41.3. The molecule has 1 amide bonds. The summed E-state index contributed by atoms with van der Waals surface area (Å²) in [6.45, 7) is 1.22. The zero-order valence-electron chi connectivity index (χ0n) is 14.1. The van der Waals surface area contributed by atoms with E-state index in [9.17, 15) is 18.0 Å². The fourth-order valence-electron chi connectivity index (χ4n) is 1.50. The topological polar surface area (TPSA) is 142 Å². The molecule has 2 rings (SSSR count). The van der Waals surface area contributed by atoms with Gasteiger partial charge in [0, 0.05) is 16.8 Å². The Balaban J connectivity index is 0.000000828. The standard InChI is InChI=1S/C13H11F3N4O3.C2H6O2/c1-7(17)6-22-20-11(21)9-4-2-8(3-5-9)10-18-12(23-19-10)13(14,15)16;3-1-2-4/h2-5,17H,6H2,1H3,(H,20,21);3-4H,1-2H2. The number of nitrogens with zero attached hydrogens (tertiary/aromatic N) is 2. The SMILES string of the molecule is CC(=N)CONC(=O)c1ccc(-c2noc(C(F)(F)F)n2)cc1.OCCO. The molecule has 1 aromatic heterocycles. The van der Waals surface area contributed by atoms with Crippen LogP contribution in [-0.2, 0) is 11.0 Å². The monoisotopic (exact) mass is 390 g/mol. The highest BCUT2D eigenvalue weighted by atomic mass is 19.4. The summed E-state index contributed by atoms with van der Waals surface area (Å²) in [5.74, 6) is -2.23. The van der Waals surface area contributed by atoms with Crippen molar-refractivity contribution >= 4 is 11.6 Å². The number of benzene rings is 1. The van der Waals surface area contributed by atoms with Gasteiger partial charge in [0.1, 0.15) is 6.61 Å². The molecule has 27 heavy (non-hydrogen) atoms. The minimum atomic E-state index is -4.71. The van der Waals surface area contributed by atoms with Crippen LogP contribution in [0.1, 0.15) is 23.2 Å². The Kier molecular flexibility index (Phi) is 8.51. The van der Waals surface area contributed by atoms with Gasteiger partial charge in [-0.1, -0.05) is 17.3 Å². The van der Waals surface area contributed by atoms with Crippen LogP contribution >= 0.6 is 0 Å². The van der Waals surface area contributed by atoms with E-state index in [1.165, 1.54) is 31.2 Å². The minimum absolute atomic E-state index is 0.0487. The van der Waals surface area contributed by atoms with Crippen molar-refractivity contribution in [2.24, 2.45) is 0 Å². The molecule has 0 spiro atoms. The summed E-state index contributed by atoms with van der Waals surface area (Å²) in [6, 6.07) is 5.49. The molecule has 0 saturated carbocycles. The second kappa shape index (κ2) is 10.4. The van der Waals surface area contributed by atoms with E-state index in [4.69, 9.17) is 20.5 Å². The molecule has 0 aliphatic carbocycles. The van der Waals surface area contributed by atoms with Gasteiger partial charge in [-0.15, -0.1) is 0 Å². The second-order valence-electron chi connectivity index (χ2n) is 4.95. The van der Waals surface area contributed by atoms with Crippen LogP contribution in [0.15, 0.2) is 28.8 Å². The zero-order valence-corrected chi connectivity index (χ0v) is 14.1. The summed E-state index contributed by atoms with van der Waals surface area (Å²) in [5, 5.41) is 25.6. The van der Waals surface area contributed by atoms with Gasteiger partial charge in [-0.25, -0.2) is 5.48 Å². The van der Waals surface area contributed by atoms with Gasteiger partial charge in [0.25, 0.3) is 5.91 Å². The van der Waals surface area contributed by atoms with Crippen LogP contribution in [-0.4, -0.2) is 51.8 Å². The molecule has 0 fully saturated rings. The molecular weight excluding hydrogens is 373 g/mol. The highest BCUT2D eigenvalue weighted by Gasteiger charge is 2.38. The first-order chi connectivity index (χ1) is 12.7. The largest absolute Gasteiger partial charge is 0.471 e. The van der Waals surface area contributed by atoms with Crippen LogP contribution in [0.2, 0.25) is 0 Å². The van der Waals surface area contributed by atoms with Crippen LogP contribution in [0.3, 0.4) is 0 Å². The maximum atomic E-state index is 12.4. The lowest BCUT2D eigenvalue weighted by Gasteiger charge is -2.05. The maximum Gasteiger partial charge on any atom is 0.471 e. The smallest absolute Gasteiger partial charge is 0.394 e. The van der Waals surface area contributed by atoms with Crippen molar-refractivity contribution in [3.63, 3.8) is 0 Å². The molecule has 9 nitrogen and oxygen atoms in total. The van der Waals surface area contributed by atoms with Crippen molar-refractivity contribution in [1.82, 2.24) is 15.6 Å². The van der Waals surface area contributed by atoms with Gasteiger partial charge in [0.15, 0.2) is 0 Å². The van der Waals surface area contributed by atoms with Crippen molar-refractivity contribution in [2.45, 2.75) is 13.1 Å². The van der Waals surface area contributed by atoms with Crippen molar-refractivity contribution < 1.29 is 37.5 Å². The van der Waals surface area contributed by atoms with E-state index in [1.54, 1.807) is 0 Å². The average molecular weight is 390 g/mol. The molecule has 0 radical (unpaired) electrons. The van der Waals surface area contributed by atoms with Gasteiger partial charge >= 0.3 is 12.1 Å². The Bertz CT molecular complexity index is 745. The number of amides is 1. The van der Waals surface area contributed by atoms with Crippen LogP contribution in [0.25, 0.3) is 11.4 Å². The lowest BCUT2D eigenvalue weighted by atomic mass is 10.1. The third kappa shape index (κ3) is 7.52. The van der Waals surface area contributed by atoms with Crippen LogP contribution in [0.4, 0.5) is 13.2 Å². The molecule has 4 N–H and O–H groups in total. The number of hydrogen-bond donors (Lipinski definition) is 4. The van der Waals surface area contributed by atoms with Crippen molar-refractivity contribution in [2.75, 3.05) is 19.8 Å². The summed E-state index contributed by atoms with van der Waals surface area (Å²) in [6.07, 6.45) is -4.71. The number of carbonyl (C=O) groups is 1. The van der Waals surface area contributed by atoms with Crippen molar-refractivity contribution in [1.29, 1.82) is 5.41 Å². The molecule has 0 saturated heterocycles. The number of nitrogens with one attached hydrogen (secondary N) is 2. The fraction of sp³-hybridized carbons (Fsp3) is 0.333. The highest BCUT2D eigenvalue weighted by Crippen LogP contribution is 2.29. The van der Waals surface area contributed by atoms with Crippen LogP contribution in [0, 0.1) is 5.41 Å². The first kappa shape index (κ1) is 22.2. The van der Waals surface area contributed by atoms with Crippen LogP contribution < -0.4 is 5.48 Å². The summed E-state index contributed by atoms with van der Waals surface area (Å²) in [7, 11) is 0. The highest BCUT2D eigenvalue weighted by molar-refractivity contribution is 5.94. The van der Waals surface area contributed by atoms with E-state index < -0.39 is 18.0 Å². The Hall–Kier alpha value is -2.83. The second-order valence-corrected chi connectivity index (χ2v) is 4.95. The summed E-state index contributed by atoms with van der Waals surface area (Å²) >= 11 is 0. The van der Waals surface area contributed by atoms with Crippen LogP contribution in [0.5, 0.6) is 0 Å². The molecule has 1 aromatic carbocycles. The molecule has 1 heterocycles. The fourth-order valence-corrected chi connectivity index (χ4v) is 1.50. The first-order valence-corrected chi connectivity index (χ1v) is 7.38. The number of halogens is 3. The van der Waals surface area contributed by atoms with Gasteiger partial charge in [-0.3, -0.25) is 9.63 Å². The molecule has 0 aliphatic heterocycles. The number of alkyl halides is 3. The normalized spacial score (nSPS) is 10.7. The molecule has 0 unspecified atom stereocenters. The molecule has 2 aromatic rings. The Morgan fingerprint density at radius 3 is 2.30 bits per heavy atom. The number of aliphatic hydroxyl groups is 2. The predicted molar refractivity (Wildman–Crippen MR) is 85.7 cm³/mol. The quantitative estimate of drug-likeness (QED) is 0.432. The van der Waals surface area contributed by atoms with E-state index in [2.05, 4.69) is 20.1 Å². The van der Waals surface area contributed by atoms with Gasteiger partial charge in [-0.2, -0.15) is 18.2 Å². The average Bonchev–Trinajstić information content (AvgIpc) is 3.12. The minimum Gasteiger partial charge on any atom is -0.394 e. The Labute approximate surface area is 151 Å². The molecule has 0 bridgehead atoms. The van der Waals surface area contributed by atoms with Gasteiger partial charge in [0.05, 0.1) is 13.2 Å². The van der Waals surface area contributed by atoms with E-state index in [0.29, 0.717) is 0 Å². The van der Waals surface area contributed by atoms with E-state index in [-0.39, 0.29) is 42.5 Å². The Morgan fingerprint density at radius 1 is 1.26 bits per heavy atom. The lowest BCUT2D eigenvalue weighted by molar-refractivity contribution is -0.159. The zero-order chi connectivity index (χ0) is 20.4. The predicted octanol–water partition coefficient (Wildman–Crippen LogP) is 1.43. The van der Waals surface area contributed by atoms with E-state index >= 15 is 0 Å².